The SMILES string of the molecule is Cc1c(C(=O)NCC2CN(Cc3ccccc3)CCO2)nn2c1OCCC2. The van der Waals surface area contributed by atoms with Gasteiger partial charge < -0.3 is 14.8 Å². The van der Waals surface area contributed by atoms with E-state index in [1.165, 1.54) is 5.56 Å². The number of ether oxygens (including phenoxy) is 2. The van der Waals surface area contributed by atoms with E-state index in [4.69, 9.17) is 9.47 Å². The van der Waals surface area contributed by atoms with Crippen molar-refractivity contribution in [3.63, 3.8) is 0 Å². The molecule has 0 bridgehead atoms. The lowest BCUT2D eigenvalue weighted by molar-refractivity contribution is -0.0292. The molecular weight excluding hydrogens is 344 g/mol. The van der Waals surface area contributed by atoms with Crippen LogP contribution in [0.2, 0.25) is 0 Å². The number of rotatable bonds is 5. The maximum atomic E-state index is 12.6. The Labute approximate surface area is 159 Å². The summed E-state index contributed by atoms with van der Waals surface area (Å²) in [5.41, 5.74) is 2.55. The summed E-state index contributed by atoms with van der Waals surface area (Å²) in [6.45, 7) is 7.13. The van der Waals surface area contributed by atoms with Crippen LogP contribution in [-0.2, 0) is 17.8 Å². The van der Waals surface area contributed by atoms with Crippen molar-refractivity contribution in [2.24, 2.45) is 0 Å². The Balaban J connectivity index is 1.32. The topological polar surface area (TPSA) is 68.6 Å². The minimum Gasteiger partial charge on any atom is -0.478 e. The second-order valence-electron chi connectivity index (χ2n) is 7.13. The van der Waals surface area contributed by atoms with E-state index in [1.807, 2.05) is 13.0 Å². The van der Waals surface area contributed by atoms with Gasteiger partial charge in [0.2, 0.25) is 5.88 Å². The van der Waals surface area contributed by atoms with Crippen molar-refractivity contribution >= 4 is 5.91 Å². The number of fused-ring (bicyclic) bond motifs is 1. The minimum atomic E-state index is -0.165. The van der Waals surface area contributed by atoms with Crippen molar-refractivity contribution < 1.29 is 14.3 Å². The lowest BCUT2D eigenvalue weighted by Gasteiger charge is -2.33. The third kappa shape index (κ3) is 4.14. The number of morpholine rings is 1. The zero-order valence-corrected chi connectivity index (χ0v) is 15.7. The second-order valence-corrected chi connectivity index (χ2v) is 7.13. The number of aryl methyl sites for hydroxylation is 1. The van der Waals surface area contributed by atoms with Crippen LogP contribution in [0.25, 0.3) is 0 Å². The van der Waals surface area contributed by atoms with Crippen LogP contribution in [0, 0.1) is 6.92 Å². The van der Waals surface area contributed by atoms with Gasteiger partial charge in [0.25, 0.3) is 5.91 Å². The first kappa shape index (κ1) is 18.0. The molecule has 1 amide bonds. The molecule has 1 aromatic carbocycles. The molecule has 0 saturated carbocycles. The smallest absolute Gasteiger partial charge is 0.272 e. The molecule has 2 aromatic rings. The highest BCUT2D eigenvalue weighted by Gasteiger charge is 2.25. The highest BCUT2D eigenvalue weighted by atomic mass is 16.5. The number of hydrogen-bond acceptors (Lipinski definition) is 5. The highest BCUT2D eigenvalue weighted by molar-refractivity contribution is 5.94. The van der Waals surface area contributed by atoms with E-state index >= 15 is 0 Å². The van der Waals surface area contributed by atoms with Crippen molar-refractivity contribution in [3.8, 4) is 5.88 Å². The summed E-state index contributed by atoms with van der Waals surface area (Å²) in [6.07, 6.45) is 0.905. The molecule has 1 aromatic heterocycles. The lowest BCUT2D eigenvalue weighted by atomic mass is 10.2. The van der Waals surface area contributed by atoms with Gasteiger partial charge in [-0.2, -0.15) is 5.10 Å². The van der Waals surface area contributed by atoms with Gasteiger partial charge in [0.05, 0.1) is 19.3 Å². The molecule has 1 fully saturated rings. The summed E-state index contributed by atoms with van der Waals surface area (Å²) >= 11 is 0. The zero-order chi connectivity index (χ0) is 18.6. The van der Waals surface area contributed by atoms with Crippen LogP contribution in [0.4, 0.5) is 0 Å². The van der Waals surface area contributed by atoms with E-state index in [1.54, 1.807) is 4.68 Å². The van der Waals surface area contributed by atoms with Crippen LogP contribution < -0.4 is 10.1 Å². The van der Waals surface area contributed by atoms with Gasteiger partial charge >= 0.3 is 0 Å². The van der Waals surface area contributed by atoms with Crippen LogP contribution in [0.1, 0.15) is 28.0 Å². The number of benzene rings is 1. The van der Waals surface area contributed by atoms with Crippen molar-refractivity contribution in [1.82, 2.24) is 20.0 Å². The van der Waals surface area contributed by atoms with Crippen LogP contribution in [-0.4, -0.2) is 59.5 Å². The van der Waals surface area contributed by atoms with E-state index in [0.717, 1.165) is 38.2 Å². The molecule has 144 valence electrons. The monoisotopic (exact) mass is 370 g/mol. The summed E-state index contributed by atoms with van der Waals surface area (Å²) in [6, 6.07) is 10.4. The first-order valence-electron chi connectivity index (χ1n) is 9.57. The van der Waals surface area contributed by atoms with Crippen LogP contribution in [0.3, 0.4) is 0 Å². The molecule has 1 unspecified atom stereocenters. The first-order valence-corrected chi connectivity index (χ1v) is 9.57. The Hall–Kier alpha value is -2.38. The maximum Gasteiger partial charge on any atom is 0.272 e. The van der Waals surface area contributed by atoms with Gasteiger partial charge in [-0.3, -0.25) is 9.69 Å². The fourth-order valence-electron chi connectivity index (χ4n) is 3.65. The second kappa shape index (κ2) is 8.10. The molecule has 0 radical (unpaired) electrons. The van der Waals surface area contributed by atoms with Crippen LogP contribution in [0.5, 0.6) is 5.88 Å². The summed E-state index contributed by atoms with van der Waals surface area (Å²) < 4.78 is 13.3. The molecule has 4 rings (SSSR count). The predicted octanol–water partition coefficient (Wildman–Crippen LogP) is 1.60. The van der Waals surface area contributed by atoms with E-state index in [0.29, 0.717) is 31.3 Å². The van der Waals surface area contributed by atoms with E-state index in [2.05, 4.69) is 39.6 Å². The predicted molar refractivity (Wildman–Crippen MR) is 101 cm³/mol. The van der Waals surface area contributed by atoms with Gasteiger partial charge in [-0.05, 0) is 12.5 Å². The van der Waals surface area contributed by atoms with E-state index < -0.39 is 0 Å². The summed E-state index contributed by atoms with van der Waals surface area (Å²) in [7, 11) is 0. The molecule has 1 atom stereocenters. The van der Waals surface area contributed by atoms with Crippen LogP contribution >= 0.6 is 0 Å². The molecular formula is C20H26N4O3. The normalized spacial score (nSPS) is 20.0. The molecule has 7 heteroatoms. The van der Waals surface area contributed by atoms with Crippen LogP contribution in [0.15, 0.2) is 30.3 Å². The number of carbonyl (C=O) groups is 1. The maximum absolute atomic E-state index is 12.6. The number of carbonyl (C=O) groups excluding carboxylic acids is 1. The molecule has 27 heavy (non-hydrogen) atoms. The Bertz CT molecular complexity index is 790. The molecule has 2 aliphatic heterocycles. The molecule has 7 nitrogen and oxygen atoms in total. The Morgan fingerprint density at radius 2 is 2.11 bits per heavy atom. The molecule has 2 aliphatic rings. The zero-order valence-electron chi connectivity index (χ0n) is 15.7. The van der Waals surface area contributed by atoms with Crippen molar-refractivity contribution in [2.75, 3.05) is 32.8 Å². The van der Waals surface area contributed by atoms with E-state index in [9.17, 15) is 4.79 Å². The minimum absolute atomic E-state index is 0.0137. The number of aromatic nitrogens is 2. The van der Waals surface area contributed by atoms with E-state index in [-0.39, 0.29) is 12.0 Å². The average molecular weight is 370 g/mol. The molecule has 3 heterocycles. The van der Waals surface area contributed by atoms with Gasteiger partial charge in [0.1, 0.15) is 0 Å². The molecule has 1 N–H and O–H groups in total. The van der Waals surface area contributed by atoms with Crippen molar-refractivity contribution in [3.05, 3.63) is 47.2 Å². The Morgan fingerprint density at radius 3 is 2.93 bits per heavy atom. The highest BCUT2D eigenvalue weighted by Crippen LogP contribution is 2.24. The lowest BCUT2D eigenvalue weighted by Crippen LogP contribution is -2.47. The van der Waals surface area contributed by atoms with Gasteiger partial charge in [-0.25, -0.2) is 4.68 Å². The van der Waals surface area contributed by atoms with Crippen molar-refractivity contribution in [2.45, 2.75) is 32.5 Å². The molecule has 0 aliphatic carbocycles. The standard InChI is InChI=1S/C20H26N4O3/c1-15-18(22-24-8-5-10-27-20(15)24)19(25)21-12-17-14-23(9-11-26-17)13-16-6-3-2-4-7-16/h2-4,6-7,17H,5,8-14H2,1H3,(H,21,25). The Morgan fingerprint density at radius 1 is 1.26 bits per heavy atom. The fraction of sp³-hybridized carbons (Fsp3) is 0.500. The van der Waals surface area contributed by atoms with Gasteiger partial charge in [-0.1, -0.05) is 30.3 Å². The number of amides is 1. The molecule has 0 spiro atoms. The Kier molecular flexibility index (Phi) is 5.40. The molecule has 1 saturated heterocycles. The van der Waals surface area contributed by atoms with Crippen molar-refractivity contribution in [1.29, 1.82) is 0 Å². The third-order valence-electron chi connectivity index (χ3n) is 5.06. The quantitative estimate of drug-likeness (QED) is 0.866. The van der Waals surface area contributed by atoms with Gasteiger partial charge in [0, 0.05) is 44.7 Å². The summed E-state index contributed by atoms with van der Waals surface area (Å²) in [5.74, 6) is 0.552. The number of hydrogen-bond donors (Lipinski definition) is 1. The van der Waals surface area contributed by atoms with Gasteiger partial charge in [-0.15, -0.1) is 0 Å². The number of nitrogens with one attached hydrogen (secondary N) is 1. The third-order valence-corrected chi connectivity index (χ3v) is 5.06. The first-order chi connectivity index (χ1) is 13.2. The average Bonchev–Trinajstić information content (AvgIpc) is 3.04. The van der Waals surface area contributed by atoms with Gasteiger partial charge in [0.15, 0.2) is 5.69 Å². The largest absolute Gasteiger partial charge is 0.478 e. The summed E-state index contributed by atoms with van der Waals surface area (Å²) in [4.78, 5) is 15.0. The fourth-order valence-corrected chi connectivity index (χ4v) is 3.65. The number of nitrogens with zero attached hydrogens (tertiary/aromatic N) is 3. The summed E-state index contributed by atoms with van der Waals surface area (Å²) in [5, 5.41) is 7.39.